The lowest BCUT2D eigenvalue weighted by atomic mass is 10.2. The molecule has 22 heavy (non-hydrogen) atoms. The first-order valence-corrected chi connectivity index (χ1v) is 8.55. The van der Waals surface area contributed by atoms with Crippen LogP contribution in [0, 0.1) is 0 Å². The Hall–Kier alpha value is -1.40. The number of rotatable bonds is 4. The lowest BCUT2D eigenvalue weighted by Crippen LogP contribution is -2.42. The van der Waals surface area contributed by atoms with Crippen LogP contribution in [-0.4, -0.2) is 52.8 Å². The molecule has 2 aliphatic heterocycles. The summed E-state index contributed by atoms with van der Waals surface area (Å²) < 4.78 is 1.96. The molecule has 0 bridgehead atoms. The minimum absolute atomic E-state index is 0.0525. The first-order valence-electron chi connectivity index (χ1n) is 8.55. The van der Waals surface area contributed by atoms with Gasteiger partial charge in [0.2, 0.25) is 5.91 Å². The van der Waals surface area contributed by atoms with Gasteiger partial charge in [0.25, 0.3) is 0 Å². The lowest BCUT2D eigenvalue weighted by Gasteiger charge is -2.26. The number of carbonyl (C=O) groups excluding carboxylic acids is 1. The Kier molecular flexibility index (Phi) is 5.10. The molecule has 1 amide bonds. The van der Waals surface area contributed by atoms with E-state index in [0.29, 0.717) is 11.9 Å². The quantitative estimate of drug-likeness (QED) is 0.887. The summed E-state index contributed by atoms with van der Waals surface area (Å²) >= 11 is 0. The van der Waals surface area contributed by atoms with Crippen molar-refractivity contribution in [3.05, 3.63) is 12.3 Å². The highest BCUT2D eigenvalue weighted by molar-refractivity contribution is 5.93. The average Bonchev–Trinajstić information content (AvgIpc) is 3.13. The van der Waals surface area contributed by atoms with Crippen LogP contribution in [0.25, 0.3) is 0 Å². The van der Waals surface area contributed by atoms with Gasteiger partial charge in [-0.2, -0.15) is 5.10 Å². The molecular weight excluding hydrogens is 278 g/mol. The molecule has 2 fully saturated rings. The number of anilines is 1. The first-order chi connectivity index (χ1) is 10.7. The molecule has 1 aromatic rings. The number of carbonyl (C=O) groups is 1. The van der Waals surface area contributed by atoms with Crippen molar-refractivity contribution in [1.29, 1.82) is 0 Å². The van der Waals surface area contributed by atoms with Crippen molar-refractivity contribution < 1.29 is 4.79 Å². The van der Waals surface area contributed by atoms with Crippen LogP contribution in [0.3, 0.4) is 0 Å². The van der Waals surface area contributed by atoms with E-state index >= 15 is 0 Å². The fourth-order valence-electron chi connectivity index (χ4n) is 3.35. The van der Waals surface area contributed by atoms with Crippen LogP contribution in [0.4, 0.5) is 5.82 Å². The summed E-state index contributed by atoms with van der Waals surface area (Å²) in [5.41, 5.74) is 0. The molecule has 6 nitrogen and oxygen atoms in total. The van der Waals surface area contributed by atoms with Gasteiger partial charge in [0, 0.05) is 18.8 Å². The Labute approximate surface area is 132 Å². The van der Waals surface area contributed by atoms with E-state index in [1.807, 2.05) is 23.9 Å². The van der Waals surface area contributed by atoms with Gasteiger partial charge in [-0.15, -0.1) is 0 Å². The van der Waals surface area contributed by atoms with Crippen molar-refractivity contribution in [2.45, 2.75) is 51.1 Å². The van der Waals surface area contributed by atoms with Crippen molar-refractivity contribution in [2.75, 3.05) is 31.5 Å². The molecule has 0 aromatic carbocycles. The van der Waals surface area contributed by atoms with Crippen LogP contribution in [0.5, 0.6) is 0 Å². The Morgan fingerprint density at radius 3 is 2.82 bits per heavy atom. The first kappa shape index (κ1) is 15.5. The Morgan fingerprint density at radius 1 is 1.36 bits per heavy atom. The smallest absolute Gasteiger partial charge is 0.242 e. The fourth-order valence-corrected chi connectivity index (χ4v) is 3.35. The van der Waals surface area contributed by atoms with E-state index in [4.69, 9.17) is 0 Å². The maximum absolute atomic E-state index is 12.4. The zero-order valence-electron chi connectivity index (χ0n) is 13.4. The Bertz CT molecular complexity index is 486. The molecule has 3 rings (SSSR count). The standard InChI is InChI=1S/C16H27N5O/c1-13(20-9-4-2-3-5-10-20)16(22)18-15-7-11-21(19-15)14-6-8-17-12-14/h7,11,13-14,17H,2-6,8-10,12H2,1H3,(H,18,19,22)/t13-,14-/m1/s1. The van der Waals surface area contributed by atoms with Crippen molar-refractivity contribution in [3.63, 3.8) is 0 Å². The maximum atomic E-state index is 12.4. The fraction of sp³-hybridized carbons (Fsp3) is 0.750. The van der Waals surface area contributed by atoms with Crippen molar-refractivity contribution in [2.24, 2.45) is 0 Å². The molecule has 0 radical (unpaired) electrons. The van der Waals surface area contributed by atoms with Crippen LogP contribution >= 0.6 is 0 Å². The van der Waals surface area contributed by atoms with Crippen molar-refractivity contribution >= 4 is 11.7 Å². The summed E-state index contributed by atoms with van der Waals surface area (Å²) in [7, 11) is 0. The molecule has 122 valence electrons. The van der Waals surface area contributed by atoms with Gasteiger partial charge in [-0.05, 0) is 45.8 Å². The zero-order valence-corrected chi connectivity index (χ0v) is 13.4. The summed E-state index contributed by atoms with van der Waals surface area (Å²) in [6, 6.07) is 2.22. The number of aromatic nitrogens is 2. The molecule has 6 heteroatoms. The van der Waals surface area contributed by atoms with E-state index in [9.17, 15) is 4.79 Å². The lowest BCUT2D eigenvalue weighted by molar-refractivity contribution is -0.120. The van der Waals surface area contributed by atoms with E-state index in [0.717, 1.165) is 32.6 Å². The highest BCUT2D eigenvalue weighted by Gasteiger charge is 2.23. The molecule has 2 aliphatic rings. The minimum atomic E-state index is -0.0867. The van der Waals surface area contributed by atoms with Gasteiger partial charge in [-0.25, -0.2) is 0 Å². The summed E-state index contributed by atoms with van der Waals surface area (Å²) in [5.74, 6) is 0.718. The topological polar surface area (TPSA) is 62.2 Å². The highest BCUT2D eigenvalue weighted by atomic mass is 16.2. The number of nitrogens with zero attached hydrogens (tertiary/aromatic N) is 3. The molecule has 2 saturated heterocycles. The second-order valence-corrected chi connectivity index (χ2v) is 6.44. The second kappa shape index (κ2) is 7.24. The minimum Gasteiger partial charge on any atom is -0.315 e. The van der Waals surface area contributed by atoms with Crippen molar-refractivity contribution in [1.82, 2.24) is 20.0 Å². The van der Waals surface area contributed by atoms with Gasteiger partial charge in [0.1, 0.15) is 0 Å². The number of amides is 1. The van der Waals surface area contributed by atoms with Gasteiger partial charge in [0.15, 0.2) is 5.82 Å². The van der Waals surface area contributed by atoms with Gasteiger partial charge < -0.3 is 10.6 Å². The van der Waals surface area contributed by atoms with Crippen molar-refractivity contribution in [3.8, 4) is 0 Å². The van der Waals surface area contributed by atoms with Crippen LogP contribution < -0.4 is 10.6 Å². The summed E-state index contributed by atoms with van der Waals surface area (Å²) in [6.07, 6.45) is 8.01. The number of hydrogen-bond donors (Lipinski definition) is 2. The molecule has 0 spiro atoms. The third kappa shape index (κ3) is 3.67. The van der Waals surface area contributed by atoms with Crippen LogP contribution in [0.1, 0.15) is 45.1 Å². The third-order valence-electron chi connectivity index (χ3n) is 4.84. The predicted octanol–water partition coefficient (Wildman–Crippen LogP) is 1.62. The second-order valence-electron chi connectivity index (χ2n) is 6.44. The molecule has 3 heterocycles. The van der Waals surface area contributed by atoms with E-state index in [2.05, 4.69) is 20.6 Å². The van der Waals surface area contributed by atoms with Gasteiger partial charge in [0.05, 0.1) is 12.1 Å². The van der Waals surface area contributed by atoms with Crippen LogP contribution in [0.15, 0.2) is 12.3 Å². The molecule has 0 aliphatic carbocycles. The normalized spacial score (nSPS) is 24.9. The molecule has 1 aromatic heterocycles. The Morgan fingerprint density at radius 2 is 2.14 bits per heavy atom. The third-order valence-corrected chi connectivity index (χ3v) is 4.84. The number of nitrogens with one attached hydrogen (secondary N) is 2. The largest absolute Gasteiger partial charge is 0.315 e. The van der Waals surface area contributed by atoms with E-state index < -0.39 is 0 Å². The summed E-state index contributed by atoms with van der Waals surface area (Å²) in [6.45, 7) is 6.05. The predicted molar refractivity (Wildman–Crippen MR) is 86.9 cm³/mol. The average molecular weight is 305 g/mol. The molecule has 0 saturated carbocycles. The van der Waals surface area contributed by atoms with E-state index in [1.54, 1.807) is 0 Å². The van der Waals surface area contributed by atoms with E-state index in [-0.39, 0.29) is 11.9 Å². The van der Waals surface area contributed by atoms with Gasteiger partial charge >= 0.3 is 0 Å². The molecule has 0 unspecified atom stereocenters. The van der Waals surface area contributed by atoms with Crippen LogP contribution in [-0.2, 0) is 4.79 Å². The zero-order chi connectivity index (χ0) is 15.4. The summed E-state index contributed by atoms with van der Waals surface area (Å²) in [5, 5.41) is 10.8. The number of hydrogen-bond acceptors (Lipinski definition) is 4. The molecular formula is C16H27N5O. The monoisotopic (exact) mass is 305 g/mol. The number of likely N-dealkylation sites (tertiary alicyclic amines) is 1. The Balaban J connectivity index is 1.56. The van der Waals surface area contributed by atoms with Gasteiger partial charge in [-0.1, -0.05) is 12.8 Å². The van der Waals surface area contributed by atoms with Gasteiger partial charge in [-0.3, -0.25) is 14.4 Å². The van der Waals surface area contributed by atoms with E-state index in [1.165, 1.54) is 25.7 Å². The van der Waals surface area contributed by atoms with Crippen LogP contribution in [0.2, 0.25) is 0 Å². The highest BCUT2D eigenvalue weighted by Crippen LogP contribution is 2.17. The summed E-state index contributed by atoms with van der Waals surface area (Å²) in [4.78, 5) is 14.7. The molecule has 2 N–H and O–H groups in total. The maximum Gasteiger partial charge on any atom is 0.242 e. The molecule has 2 atom stereocenters. The SMILES string of the molecule is C[C@H](C(=O)Nc1ccn([C@@H]2CCNC2)n1)N1CCCCCC1.